The Balaban J connectivity index is 1.24. The maximum atomic E-state index is 6.27. The normalized spacial score (nSPS) is 12.0. The van der Waals surface area contributed by atoms with E-state index >= 15 is 0 Å². The van der Waals surface area contributed by atoms with Crippen LogP contribution in [0, 0.1) is 0 Å². The molecule has 0 unspecified atom stereocenters. The smallest absolute Gasteiger partial charge is 0.142 e. The van der Waals surface area contributed by atoms with Crippen LogP contribution in [0.25, 0.3) is 32.7 Å². The van der Waals surface area contributed by atoms with E-state index in [9.17, 15) is 0 Å². The third kappa shape index (κ3) is 4.23. The van der Waals surface area contributed by atoms with E-state index in [4.69, 9.17) is 4.74 Å². The van der Waals surface area contributed by atoms with Crippen LogP contribution in [0.4, 0.5) is 17.1 Å². The Morgan fingerprint density at radius 2 is 1.02 bits per heavy atom. The summed E-state index contributed by atoms with van der Waals surface area (Å²) in [6, 6.07) is 53.8. The van der Waals surface area contributed by atoms with Gasteiger partial charge in [-0.15, -0.1) is 0 Å². The van der Waals surface area contributed by atoms with Gasteiger partial charge in [0.25, 0.3) is 0 Å². The molecule has 2 nitrogen and oxygen atoms in total. The summed E-state index contributed by atoms with van der Waals surface area (Å²) in [6.07, 6.45) is 0. The molecule has 0 aliphatic carbocycles. The van der Waals surface area contributed by atoms with Crippen molar-refractivity contribution in [2.24, 2.45) is 0 Å². The summed E-state index contributed by atoms with van der Waals surface area (Å²) in [5.41, 5.74) is 5.72. The summed E-state index contributed by atoms with van der Waals surface area (Å²) >= 11 is 1.76. The van der Waals surface area contributed by atoms with E-state index in [0.717, 1.165) is 43.8 Å². The van der Waals surface area contributed by atoms with Crippen molar-refractivity contribution in [1.82, 2.24) is 0 Å². The number of benzene rings is 7. The van der Waals surface area contributed by atoms with Crippen LogP contribution >= 0.6 is 11.8 Å². The predicted molar refractivity (Wildman–Crippen MR) is 172 cm³/mol. The molecule has 0 aromatic heterocycles. The first-order valence-electron chi connectivity index (χ1n) is 13.8. The fraction of sp³-hybridized carbons (Fsp3) is 0. The summed E-state index contributed by atoms with van der Waals surface area (Å²) in [5.74, 6) is 1.82. The zero-order chi connectivity index (χ0) is 27.2. The molecule has 0 bridgehead atoms. The van der Waals surface area contributed by atoms with Crippen LogP contribution in [0.3, 0.4) is 0 Å². The topological polar surface area (TPSA) is 12.5 Å². The molecule has 41 heavy (non-hydrogen) atoms. The Bertz CT molecular complexity index is 2000. The number of nitrogens with zero attached hydrogens (tertiary/aromatic N) is 1. The van der Waals surface area contributed by atoms with E-state index in [-0.39, 0.29) is 0 Å². The van der Waals surface area contributed by atoms with Crippen LogP contribution in [-0.2, 0) is 0 Å². The second-order valence-electron chi connectivity index (χ2n) is 10.2. The van der Waals surface area contributed by atoms with Crippen molar-refractivity contribution >= 4 is 50.4 Å². The van der Waals surface area contributed by atoms with Gasteiger partial charge in [0.15, 0.2) is 0 Å². The molecule has 1 heterocycles. The van der Waals surface area contributed by atoms with E-state index in [1.165, 1.54) is 27.2 Å². The number of para-hydroxylation sites is 2. The average molecular weight is 544 g/mol. The Morgan fingerprint density at radius 1 is 0.439 bits per heavy atom. The Morgan fingerprint density at radius 3 is 1.78 bits per heavy atom. The van der Waals surface area contributed by atoms with Gasteiger partial charge in [0, 0.05) is 22.1 Å². The molecule has 0 radical (unpaired) electrons. The van der Waals surface area contributed by atoms with Crippen molar-refractivity contribution in [1.29, 1.82) is 0 Å². The highest BCUT2D eigenvalue weighted by atomic mass is 32.2. The molecule has 194 valence electrons. The maximum Gasteiger partial charge on any atom is 0.142 e. The van der Waals surface area contributed by atoms with Gasteiger partial charge in [-0.2, -0.15) is 0 Å². The molecule has 0 spiro atoms. The zero-order valence-electron chi connectivity index (χ0n) is 22.2. The van der Waals surface area contributed by atoms with Gasteiger partial charge in [0.2, 0.25) is 0 Å². The van der Waals surface area contributed by atoms with Crippen molar-refractivity contribution in [3.05, 3.63) is 152 Å². The highest BCUT2D eigenvalue weighted by molar-refractivity contribution is 7.99. The zero-order valence-corrected chi connectivity index (χ0v) is 23.0. The monoisotopic (exact) mass is 543 g/mol. The number of anilines is 3. The molecular formula is C38H25NOS. The van der Waals surface area contributed by atoms with Crippen LogP contribution < -0.4 is 9.64 Å². The van der Waals surface area contributed by atoms with Gasteiger partial charge >= 0.3 is 0 Å². The fourth-order valence-corrected chi connectivity index (χ4v) is 6.66. The summed E-state index contributed by atoms with van der Waals surface area (Å²) in [6.45, 7) is 0. The van der Waals surface area contributed by atoms with Crippen LogP contribution in [0.2, 0.25) is 0 Å². The summed E-state index contributed by atoms with van der Waals surface area (Å²) in [5, 5.41) is 4.91. The molecule has 7 aromatic carbocycles. The molecule has 1 aliphatic heterocycles. The highest BCUT2D eigenvalue weighted by Crippen LogP contribution is 2.48. The van der Waals surface area contributed by atoms with Crippen LogP contribution in [-0.4, -0.2) is 0 Å². The summed E-state index contributed by atoms with van der Waals surface area (Å²) in [4.78, 5) is 4.68. The molecule has 0 amide bonds. The average Bonchev–Trinajstić information content (AvgIpc) is 3.04. The minimum Gasteiger partial charge on any atom is -0.455 e. The van der Waals surface area contributed by atoms with E-state index in [0.29, 0.717) is 0 Å². The molecule has 0 saturated carbocycles. The summed E-state index contributed by atoms with van der Waals surface area (Å²) < 4.78 is 6.27. The van der Waals surface area contributed by atoms with Crippen LogP contribution in [0.1, 0.15) is 0 Å². The number of hydrogen-bond donors (Lipinski definition) is 0. The molecule has 0 N–H and O–H groups in total. The molecule has 0 fully saturated rings. The van der Waals surface area contributed by atoms with Crippen molar-refractivity contribution in [2.75, 3.05) is 4.90 Å². The summed E-state index contributed by atoms with van der Waals surface area (Å²) in [7, 11) is 0. The van der Waals surface area contributed by atoms with Crippen molar-refractivity contribution < 1.29 is 4.74 Å². The quantitative estimate of drug-likeness (QED) is 0.205. The molecular weight excluding hydrogens is 518 g/mol. The van der Waals surface area contributed by atoms with Crippen LogP contribution in [0.5, 0.6) is 11.5 Å². The minimum absolute atomic E-state index is 0.906. The van der Waals surface area contributed by atoms with Gasteiger partial charge < -0.3 is 9.64 Å². The number of hydrogen-bond acceptors (Lipinski definition) is 3. The third-order valence-corrected chi connectivity index (χ3v) is 8.79. The SMILES string of the molecule is c1ccc(N(c2ccc(-c3ccc4c(c3)Oc3ccccc3S4)cc2)c2c3ccccc3cc3ccccc23)cc1. The molecule has 0 atom stereocenters. The predicted octanol–water partition coefficient (Wildman–Crippen LogP) is 11.4. The van der Waals surface area contributed by atoms with E-state index in [1.54, 1.807) is 11.8 Å². The largest absolute Gasteiger partial charge is 0.455 e. The first-order valence-corrected chi connectivity index (χ1v) is 14.6. The van der Waals surface area contributed by atoms with E-state index < -0.39 is 0 Å². The first-order chi connectivity index (χ1) is 20.3. The number of fused-ring (bicyclic) bond motifs is 4. The maximum absolute atomic E-state index is 6.27. The minimum atomic E-state index is 0.906. The third-order valence-electron chi connectivity index (χ3n) is 7.67. The van der Waals surface area contributed by atoms with Crippen molar-refractivity contribution in [2.45, 2.75) is 9.79 Å². The molecule has 0 saturated heterocycles. The van der Waals surface area contributed by atoms with Gasteiger partial charge in [-0.3, -0.25) is 0 Å². The second-order valence-corrected chi connectivity index (χ2v) is 11.3. The lowest BCUT2D eigenvalue weighted by Crippen LogP contribution is -2.11. The van der Waals surface area contributed by atoms with Crippen LogP contribution in [0.15, 0.2) is 161 Å². The Labute approximate surface area is 243 Å². The Kier molecular flexibility index (Phi) is 5.75. The highest BCUT2D eigenvalue weighted by Gasteiger charge is 2.20. The van der Waals surface area contributed by atoms with Gasteiger partial charge in [0.05, 0.1) is 15.5 Å². The van der Waals surface area contributed by atoms with Gasteiger partial charge in [0.1, 0.15) is 11.5 Å². The Hall–Kier alpha value is -4.99. The van der Waals surface area contributed by atoms with E-state index in [2.05, 4.69) is 144 Å². The first kappa shape index (κ1) is 23.9. The molecule has 1 aliphatic rings. The van der Waals surface area contributed by atoms with Gasteiger partial charge in [-0.25, -0.2) is 0 Å². The van der Waals surface area contributed by atoms with Crippen molar-refractivity contribution in [3.8, 4) is 22.6 Å². The number of ether oxygens (including phenoxy) is 1. The standard InChI is InChI=1S/C38H25NOS/c1-2-12-30(13-3-1)39(38-32-14-6-4-10-28(32)24-29-11-5-7-15-33(29)38)31-21-18-26(19-22-31)27-20-23-37-35(25-27)40-34-16-8-9-17-36(34)41-37/h1-25H. The molecule has 8 rings (SSSR count). The molecule has 7 aromatic rings. The number of rotatable bonds is 4. The van der Waals surface area contributed by atoms with Gasteiger partial charge in [-0.1, -0.05) is 109 Å². The second kappa shape index (κ2) is 9.88. The fourth-order valence-electron chi connectivity index (χ4n) is 5.73. The van der Waals surface area contributed by atoms with Gasteiger partial charge in [-0.05, 0) is 76.5 Å². The lowest BCUT2D eigenvalue weighted by atomic mass is 9.98. The van der Waals surface area contributed by atoms with Crippen molar-refractivity contribution in [3.63, 3.8) is 0 Å². The lowest BCUT2D eigenvalue weighted by Gasteiger charge is -2.28. The van der Waals surface area contributed by atoms with E-state index in [1.807, 2.05) is 12.1 Å². The lowest BCUT2D eigenvalue weighted by molar-refractivity contribution is 0.455. The molecule has 3 heteroatoms.